The third kappa shape index (κ3) is 8.32. The summed E-state index contributed by atoms with van der Waals surface area (Å²) in [4.78, 5) is 16.3. The molecule has 3 N–H and O–H groups in total. The average Bonchev–Trinajstić information content (AvgIpc) is 3.12. The van der Waals surface area contributed by atoms with Gasteiger partial charge in [-0.3, -0.25) is 4.79 Å². The van der Waals surface area contributed by atoms with Gasteiger partial charge in [0.1, 0.15) is 18.1 Å². The number of carbonyl (C=O) groups excluding carboxylic acids is 1. The molecule has 0 bridgehead atoms. The highest BCUT2D eigenvalue weighted by atomic mass is 127. The van der Waals surface area contributed by atoms with E-state index in [0.717, 1.165) is 17.9 Å². The molecule has 1 heterocycles. The summed E-state index contributed by atoms with van der Waals surface area (Å²) in [6, 6.07) is 9.60. The maximum absolute atomic E-state index is 12.8. The summed E-state index contributed by atoms with van der Waals surface area (Å²) in [5.41, 5.74) is 0.778. The zero-order valence-corrected chi connectivity index (χ0v) is 17.0. The van der Waals surface area contributed by atoms with Crippen LogP contribution in [0.4, 0.5) is 4.39 Å². The predicted octanol–water partition coefficient (Wildman–Crippen LogP) is 2.45. The largest absolute Gasteiger partial charge is 0.467 e. The monoisotopic (exact) mass is 474 g/mol. The summed E-state index contributed by atoms with van der Waals surface area (Å²) in [6.45, 7) is 4.17. The molecule has 0 atom stereocenters. The van der Waals surface area contributed by atoms with E-state index in [1.807, 2.05) is 19.1 Å². The lowest BCUT2D eigenvalue weighted by molar-refractivity contribution is -0.120. The molecule has 2 aromatic rings. The Labute approximate surface area is 169 Å². The Morgan fingerprint density at radius 3 is 2.50 bits per heavy atom. The van der Waals surface area contributed by atoms with Gasteiger partial charge in [0.25, 0.3) is 0 Å². The summed E-state index contributed by atoms with van der Waals surface area (Å²) in [7, 11) is 0. The Kier molecular flexibility index (Phi) is 10.4. The van der Waals surface area contributed by atoms with E-state index >= 15 is 0 Å². The smallest absolute Gasteiger partial charge is 0.224 e. The second-order valence-electron chi connectivity index (χ2n) is 5.35. The van der Waals surface area contributed by atoms with Crippen molar-refractivity contribution < 1.29 is 13.6 Å². The van der Waals surface area contributed by atoms with Gasteiger partial charge in [0, 0.05) is 19.6 Å². The highest BCUT2D eigenvalue weighted by molar-refractivity contribution is 14.0. The number of nitrogens with zero attached hydrogens (tertiary/aromatic N) is 1. The Hall–Kier alpha value is -2.10. The predicted molar refractivity (Wildman–Crippen MR) is 110 cm³/mol. The molecule has 0 fully saturated rings. The number of guanidine groups is 1. The minimum atomic E-state index is -0.307. The van der Waals surface area contributed by atoms with Crippen LogP contribution in [0.25, 0.3) is 0 Å². The molecule has 142 valence electrons. The van der Waals surface area contributed by atoms with Gasteiger partial charge in [-0.25, -0.2) is 9.38 Å². The fraction of sp³-hybridized carbons (Fsp3) is 0.333. The molecule has 0 saturated heterocycles. The van der Waals surface area contributed by atoms with Crippen molar-refractivity contribution in [2.45, 2.75) is 19.9 Å². The highest BCUT2D eigenvalue weighted by Crippen LogP contribution is 2.03. The average molecular weight is 474 g/mol. The minimum Gasteiger partial charge on any atom is -0.467 e. The molecule has 0 aliphatic heterocycles. The molecule has 0 spiro atoms. The van der Waals surface area contributed by atoms with Crippen LogP contribution in [0.1, 0.15) is 18.2 Å². The topological polar surface area (TPSA) is 78.7 Å². The summed E-state index contributed by atoms with van der Waals surface area (Å²) in [5, 5.41) is 9.09. The van der Waals surface area contributed by atoms with Crippen molar-refractivity contribution in [1.82, 2.24) is 16.0 Å². The molecular weight excluding hydrogens is 450 g/mol. The molecule has 0 saturated carbocycles. The number of aliphatic imine (C=N–C) groups is 1. The molecule has 1 aromatic heterocycles. The zero-order valence-electron chi connectivity index (χ0n) is 14.6. The molecule has 1 aromatic carbocycles. The lowest BCUT2D eigenvalue weighted by atomic mass is 10.1. The van der Waals surface area contributed by atoms with E-state index in [0.29, 0.717) is 25.6 Å². The van der Waals surface area contributed by atoms with Gasteiger partial charge >= 0.3 is 0 Å². The van der Waals surface area contributed by atoms with E-state index in [9.17, 15) is 9.18 Å². The Balaban J connectivity index is 0.00000338. The van der Waals surface area contributed by atoms with Crippen molar-refractivity contribution in [1.29, 1.82) is 0 Å². The van der Waals surface area contributed by atoms with Crippen LogP contribution in [-0.4, -0.2) is 31.5 Å². The maximum atomic E-state index is 12.8. The number of amides is 1. The first-order valence-corrected chi connectivity index (χ1v) is 8.23. The molecule has 1 amide bonds. The van der Waals surface area contributed by atoms with Gasteiger partial charge in [-0.15, -0.1) is 24.0 Å². The SMILES string of the molecule is CCNC(=NCc1ccco1)NCCNC(=O)Cc1ccc(F)cc1.I. The van der Waals surface area contributed by atoms with Crippen LogP contribution >= 0.6 is 24.0 Å². The number of rotatable bonds is 8. The number of hydrogen-bond donors (Lipinski definition) is 3. The first-order valence-electron chi connectivity index (χ1n) is 8.23. The number of hydrogen-bond acceptors (Lipinski definition) is 3. The molecule has 2 rings (SSSR count). The second kappa shape index (κ2) is 12.3. The number of halogens is 2. The number of benzene rings is 1. The van der Waals surface area contributed by atoms with Crippen LogP contribution in [0.5, 0.6) is 0 Å². The molecule has 0 radical (unpaired) electrons. The van der Waals surface area contributed by atoms with Crippen LogP contribution in [0.15, 0.2) is 52.1 Å². The van der Waals surface area contributed by atoms with E-state index in [-0.39, 0.29) is 42.1 Å². The molecule has 0 unspecified atom stereocenters. The second-order valence-corrected chi connectivity index (χ2v) is 5.35. The normalized spacial score (nSPS) is 10.8. The van der Waals surface area contributed by atoms with Crippen LogP contribution in [0.2, 0.25) is 0 Å². The number of carbonyl (C=O) groups is 1. The fourth-order valence-corrected chi connectivity index (χ4v) is 2.13. The van der Waals surface area contributed by atoms with Crippen molar-refractivity contribution in [3.05, 3.63) is 59.8 Å². The number of furan rings is 1. The van der Waals surface area contributed by atoms with Crippen molar-refractivity contribution in [2.24, 2.45) is 4.99 Å². The Bertz CT molecular complexity index is 675. The van der Waals surface area contributed by atoms with Crippen LogP contribution in [0, 0.1) is 5.82 Å². The van der Waals surface area contributed by atoms with Gasteiger partial charge < -0.3 is 20.4 Å². The zero-order chi connectivity index (χ0) is 17.9. The van der Waals surface area contributed by atoms with Crippen LogP contribution in [-0.2, 0) is 17.8 Å². The first-order chi connectivity index (χ1) is 12.2. The number of nitrogens with one attached hydrogen (secondary N) is 3. The van der Waals surface area contributed by atoms with E-state index in [2.05, 4.69) is 20.9 Å². The summed E-state index contributed by atoms with van der Waals surface area (Å²) < 4.78 is 18.1. The van der Waals surface area contributed by atoms with Gasteiger partial charge in [0.05, 0.1) is 12.7 Å². The van der Waals surface area contributed by atoms with Crippen molar-refractivity contribution >= 4 is 35.8 Å². The van der Waals surface area contributed by atoms with E-state index in [1.165, 1.54) is 12.1 Å². The summed E-state index contributed by atoms with van der Waals surface area (Å²) >= 11 is 0. The van der Waals surface area contributed by atoms with Crippen LogP contribution < -0.4 is 16.0 Å². The molecule has 0 aliphatic carbocycles. The third-order valence-electron chi connectivity index (χ3n) is 3.33. The van der Waals surface area contributed by atoms with Crippen molar-refractivity contribution in [3.8, 4) is 0 Å². The standard InChI is InChI=1S/C18H23FN4O2.HI/c1-2-20-18(23-13-16-4-3-11-25-16)22-10-9-21-17(24)12-14-5-7-15(19)8-6-14;/h3-8,11H,2,9-10,12-13H2,1H3,(H,21,24)(H2,20,22,23);1H. The molecule has 6 nitrogen and oxygen atoms in total. The summed E-state index contributed by atoms with van der Waals surface area (Å²) in [5.74, 6) is 1.03. The first kappa shape index (κ1) is 21.9. The van der Waals surface area contributed by atoms with Crippen molar-refractivity contribution in [3.63, 3.8) is 0 Å². The van der Waals surface area contributed by atoms with E-state index < -0.39 is 0 Å². The molecule has 8 heteroatoms. The lowest BCUT2D eigenvalue weighted by Crippen LogP contribution is -2.41. The molecule has 26 heavy (non-hydrogen) atoms. The Morgan fingerprint density at radius 1 is 1.12 bits per heavy atom. The molecule has 0 aliphatic rings. The summed E-state index contributed by atoms with van der Waals surface area (Å²) in [6.07, 6.45) is 1.84. The minimum absolute atomic E-state index is 0. The Morgan fingerprint density at radius 2 is 1.85 bits per heavy atom. The van der Waals surface area contributed by atoms with Gasteiger partial charge in [-0.05, 0) is 36.8 Å². The maximum Gasteiger partial charge on any atom is 0.224 e. The van der Waals surface area contributed by atoms with Gasteiger partial charge in [0.15, 0.2) is 5.96 Å². The van der Waals surface area contributed by atoms with Crippen LogP contribution in [0.3, 0.4) is 0 Å². The van der Waals surface area contributed by atoms with E-state index in [4.69, 9.17) is 4.42 Å². The van der Waals surface area contributed by atoms with Gasteiger partial charge in [-0.1, -0.05) is 12.1 Å². The quantitative estimate of drug-likeness (QED) is 0.238. The fourth-order valence-electron chi connectivity index (χ4n) is 2.13. The van der Waals surface area contributed by atoms with Gasteiger partial charge in [-0.2, -0.15) is 0 Å². The van der Waals surface area contributed by atoms with Crippen molar-refractivity contribution in [2.75, 3.05) is 19.6 Å². The lowest BCUT2D eigenvalue weighted by Gasteiger charge is -2.11. The van der Waals surface area contributed by atoms with Gasteiger partial charge in [0.2, 0.25) is 5.91 Å². The van der Waals surface area contributed by atoms with E-state index in [1.54, 1.807) is 18.4 Å². The molecular formula is C18H24FIN4O2. The highest BCUT2D eigenvalue weighted by Gasteiger charge is 2.04. The third-order valence-corrected chi connectivity index (χ3v) is 3.33.